The van der Waals surface area contributed by atoms with Crippen LogP contribution in [0.1, 0.15) is 32.4 Å². The number of rotatable bonds is 7. The predicted molar refractivity (Wildman–Crippen MR) is 139 cm³/mol. The van der Waals surface area contributed by atoms with E-state index in [1.807, 2.05) is 0 Å². The lowest BCUT2D eigenvalue weighted by molar-refractivity contribution is -0.627. The van der Waals surface area contributed by atoms with E-state index in [-0.39, 0.29) is 47.2 Å². The topological polar surface area (TPSA) is 186 Å². The molecule has 0 atom stereocenters. The minimum absolute atomic E-state index is 0.00726. The maximum absolute atomic E-state index is 13.5. The zero-order valence-corrected chi connectivity index (χ0v) is 21.8. The van der Waals surface area contributed by atoms with Crippen LogP contribution in [0.15, 0.2) is 45.8 Å². The minimum Gasteiger partial charge on any atom is -0.482 e. The largest absolute Gasteiger partial charge is 0.482 e. The summed E-state index contributed by atoms with van der Waals surface area (Å²) < 4.78 is 11.6. The van der Waals surface area contributed by atoms with Crippen molar-refractivity contribution in [2.24, 2.45) is 40.9 Å². The second kappa shape index (κ2) is 7.06. The number of anilines is 1. The van der Waals surface area contributed by atoms with Crippen molar-refractivity contribution in [1.29, 1.82) is 0 Å². The molecule has 14 nitrogen and oxygen atoms in total. The van der Waals surface area contributed by atoms with Crippen LogP contribution >= 0.6 is 0 Å². The van der Waals surface area contributed by atoms with Crippen molar-refractivity contribution in [3.8, 4) is 5.75 Å². The second-order valence-corrected chi connectivity index (χ2v) is 12.3. The number of carbonyl (C=O) groups is 3. The summed E-state index contributed by atoms with van der Waals surface area (Å²) in [4.78, 5) is 56.9. The fourth-order valence-electron chi connectivity index (χ4n) is 10.0. The molecule has 0 radical (unpaired) electrons. The van der Waals surface area contributed by atoms with Crippen molar-refractivity contribution >= 4 is 29.1 Å². The third-order valence-corrected chi connectivity index (χ3v) is 11.2. The van der Waals surface area contributed by atoms with Gasteiger partial charge in [-0.3, -0.25) is 23.9 Å². The fraction of sp³-hybridized carbons (Fsp3) is 0.393. The molecule has 0 saturated heterocycles. The zero-order valence-electron chi connectivity index (χ0n) is 21.8. The molecule has 0 unspecified atom stereocenters. The van der Waals surface area contributed by atoms with Crippen molar-refractivity contribution in [2.75, 3.05) is 18.5 Å². The number of H-pyrrole nitrogens is 1. The summed E-state index contributed by atoms with van der Waals surface area (Å²) in [7, 11) is 0. The molecular formula is C28H22N8O6. The number of hydrogen-bond donors (Lipinski definition) is 4. The number of carbonyl (C=O) groups excluding carboxylic acids is 3. The van der Waals surface area contributed by atoms with Crippen LogP contribution in [0.4, 0.5) is 5.69 Å². The van der Waals surface area contributed by atoms with Crippen LogP contribution in [0, 0.1) is 40.9 Å². The van der Waals surface area contributed by atoms with Crippen molar-refractivity contribution in [2.45, 2.75) is 12.0 Å². The molecule has 3 aromatic heterocycles. The van der Waals surface area contributed by atoms with E-state index in [0.717, 1.165) is 5.56 Å². The van der Waals surface area contributed by atoms with Crippen molar-refractivity contribution in [3.05, 3.63) is 69.9 Å². The molecule has 4 heterocycles. The number of nitrogens with zero attached hydrogens (tertiary/aromatic N) is 4. The summed E-state index contributed by atoms with van der Waals surface area (Å²) >= 11 is 0. The van der Waals surface area contributed by atoms with Gasteiger partial charge in [0.15, 0.2) is 18.1 Å². The Hall–Kier alpha value is -5.01. The van der Waals surface area contributed by atoms with Crippen LogP contribution in [0.2, 0.25) is 0 Å². The lowest BCUT2D eigenvalue weighted by Crippen LogP contribution is -3.12. The van der Waals surface area contributed by atoms with Crippen LogP contribution in [0.25, 0.3) is 5.65 Å². The highest BCUT2D eigenvalue weighted by Crippen LogP contribution is 3.09. The van der Waals surface area contributed by atoms with Gasteiger partial charge < -0.3 is 20.7 Å². The van der Waals surface area contributed by atoms with E-state index in [1.165, 1.54) is 16.8 Å². The monoisotopic (exact) mass is 566 g/mol. The second-order valence-electron chi connectivity index (χ2n) is 12.3. The Kier molecular flexibility index (Phi) is 3.81. The highest BCUT2D eigenvalue weighted by atomic mass is 16.5. The van der Waals surface area contributed by atoms with Gasteiger partial charge in [-0.2, -0.15) is 5.10 Å². The lowest BCUT2D eigenvalue weighted by Gasteiger charge is -3.11. The lowest BCUT2D eigenvalue weighted by atomic mass is 8.92. The Bertz CT molecular complexity index is 1940. The number of benzene rings is 1. The molecule has 0 bridgehead atoms. The molecule has 11 rings (SSSR count). The van der Waals surface area contributed by atoms with Crippen molar-refractivity contribution < 1.29 is 23.6 Å². The summed E-state index contributed by atoms with van der Waals surface area (Å²) in [5.74, 6) is 2.99. The molecule has 4 aromatic rings. The van der Waals surface area contributed by atoms with Gasteiger partial charge in [-0.15, -0.1) is 0 Å². The summed E-state index contributed by atoms with van der Waals surface area (Å²) in [6.45, 7) is 0.737. The smallest absolute Gasteiger partial charge is 0.438 e. The first kappa shape index (κ1) is 22.7. The molecule has 6 aliphatic carbocycles. The molecule has 0 spiro atoms. The van der Waals surface area contributed by atoms with E-state index in [9.17, 15) is 19.2 Å². The SMILES string of the molecule is O=C1COc2ccc(CNC(=O)c3cc(C(=O)NCC45C6C7C4C4C5C6C74c4noc(=O)[nH]4)n4nccc4n3)cc2N1. The highest BCUT2D eigenvalue weighted by Gasteiger charge is 3.10. The van der Waals surface area contributed by atoms with Gasteiger partial charge in [0.1, 0.15) is 17.1 Å². The van der Waals surface area contributed by atoms with Crippen molar-refractivity contribution in [3.63, 3.8) is 0 Å². The number of fused-ring (bicyclic) bond motifs is 2. The Balaban J connectivity index is 0.842. The molecule has 1 aliphatic heterocycles. The van der Waals surface area contributed by atoms with Gasteiger partial charge >= 0.3 is 5.76 Å². The van der Waals surface area contributed by atoms with E-state index in [4.69, 9.17) is 9.26 Å². The molecule has 7 aliphatic rings. The first-order chi connectivity index (χ1) is 20.4. The molecule has 42 heavy (non-hydrogen) atoms. The van der Waals surface area contributed by atoms with Gasteiger partial charge in [0.25, 0.3) is 17.7 Å². The molecule has 3 amide bonds. The zero-order chi connectivity index (χ0) is 28.1. The number of aromatic nitrogens is 5. The molecule has 6 saturated carbocycles. The van der Waals surface area contributed by atoms with Gasteiger partial charge in [0.2, 0.25) is 0 Å². The van der Waals surface area contributed by atoms with E-state index >= 15 is 0 Å². The van der Waals surface area contributed by atoms with Crippen molar-refractivity contribution in [1.82, 2.24) is 35.4 Å². The van der Waals surface area contributed by atoms with E-state index in [1.54, 1.807) is 24.3 Å². The quantitative estimate of drug-likeness (QED) is 0.241. The number of amides is 3. The number of nitrogens with one attached hydrogen (secondary N) is 4. The average Bonchev–Trinajstić information content (AvgIpc) is 3.67. The first-order valence-electron chi connectivity index (χ1n) is 14.0. The number of ether oxygens (including phenoxy) is 1. The summed E-state index contributed by atoms with van der Waals surface area (Å²) in [5, 5.41) is 17.0. The highest BCUT2D eigenvalue weighted by molar-refractivity contribution is 5.98. The molecule has 1 aromatic carbocycles. The van der Waals surface area contributed by atoms with Gasteiger partial charge in [-0.1, -0.05) is 11.2 Å². The Morgan fingerprint density at radius 2 is 1.83 bits per heavy atom. The third-order valence-electron chi connectivity index (χ3n) is 11.2. The normalized spacial score (nSPS) is 34.7. The van der Waals surface area contributed by atoms with E-state index in [0.29, 0.717) is 65.0 Å². The molecule has 6 fully saturated rings. The molecular weight excluding hydrogens is 544 g/mol. The standard InChI is InChI=1S/C28H22N8O6/c37-16-8-41-14-2-1-10(5-11(14)33-16)7-29-23(38)12-6-13(36-15(32-12)3-4-31-36)24(39)30-9-27-17-20-18(27)22-19(27)21(17)28(20,22)25-34-26(40)42-35-25/h1-6,17-22H,7-9H2,(H,29,38)(H,30,39)(H,33,37)(H,34,35,40). The van der Waals surface area contributed by atoms with Crippen LogP contribution in [-0.2, 0) is 16.8 Å². The predicted octanol–water partition coefficient (Wildman–Crippen LogP) is 0.0859. The van der Waals surface area contributed by atoms with Gasteiger partial charge in [-0.25, -0.2) is 14.3 Å². The Morgan fingerprint density at radius 1 is 1.02 bits per heavy atom. The molecule has 4 N–H and O–H groups in total. The maximum atomic E-state index is 13.5. The van der Waals surface area contributed by atoms with Crippen LogP contribution in [0.5, 0.6) is 5.75 Å². The average molecular weight is 567 g/mol. The van der Waals surface area contributed by atoms with E-state index in [2.05, 4.69) is 36.2 Å². The minimum atomic E-state index is -0.500. The van der Waals surface area contributed by atoms with Crippen LogP contribution in [0.3, 0.4) is 0 Å². The molecule has 14 heteroatoms. The number of hydrogen-bond acceptors (Lipinski definition) is 9. The van der Waals surface area contributed by atoms with E-state index < -0.39 is 11.7 Å². The first-order valence-corrected chi connectivity index (χ1v) is 14.0. The van der Waals surface area contributed by atoms with Crippen LogP contribution in [-0.4, -0.2) is 55.6 Å². The summed E-state index contributed by atoms with van der Waals surface area (Å²) in [6.07, 6.45) is 1.54. The number of aromatic amines is 1. The Morgan fingerprint density at radius 3 is 2.60 bits per heavy atom. The fourth-order valence-corrected chi connectivity index (χ4v) is 10.0. The van der Waals surface area contributed by atoms with Gasteiger partial charge in [-0.05, 0) is 58.6 Å². The summed E-state index contributed by atoms with van der Waals surface area (Å²) in [5.41, 5.74) is 2.18. The molecule has 210 valence electrons. The van der Waals surface area contributed by atoms with Crippen LogP contribution < -0.4 is 26.4 Å². The Labute approximate surface area is 235 Å². The van der Waals surface area contributed by atoms with Gasteiger partial charge in [0, 0.05) is 30.6 Å². The summed E-state index contributed by atoms with van der Waals surface area (Å²) in [6, 6.07) is 8.40. The van der Waals surface area contributed by atoms with Gasteiger partial charge in [0.05, 0.1) is 11.9 Å². The maximum Gasteiger partial charge on any atom is 0.438 e. The third kappa shape index (κ3) is 2.29.